The number of hydrogen-bond acceptors (Lipinski definition) is 5. The predicted molar refractivity (Wildman–Crippen MR) is 105 cm³/mol. The van der Waals surface area contributed by atoms with E-state index in [9.17, 15) is 4.79 Å². The van der Waals surface area contributed by atoms with E-state index in [1.807, 2.05) is 29.2 Å². The largest absolute Gasteiger partial charge is 0.470 e. The van der Waals surface area contributed by atoms with Crippen LogP contribution in [0.3, 0.4) is 0 Å². The van der Waals surface area contributed by atoms with Crippen molar-refractivity contribution >= 4 is 27.5 Å². The van der Waals surface area contributed by atoms with Crippen molar-refractivity contribution in [3.63, 3.8) is 0 Å². The number of hydrogen-bond donors (Lipinski definition) is 0. The predicted octanol–water partition coefficient (Wildman–Crippen LogP) is 4.10. The fourth-order valence-corrected chi connectivity index (χ4v) is 4.13. The minimum absolute atomic E-state index is 0.00218. The molecule has 0 bridgehead atoms. The molecule has 0 aliphatic carbocycles. The Kier molecular flexibility index (Phi) is 5.03. The van der Waals surface area contributed by atoms with E-state index in [1.165, 1.54) is 0 Å². The Labute approximate surface area is 161 Å². The topological polar surface area (TPSA) is 66.2 Å². The summed E-state index contributed by atoms with van der Waals surface area (Å²) in [6.45, 7) is 2.05. The van der Waals surface area contributed by atoms with Crippen LogP contribution in [0.4, 0.5) is 0 Å². The summed E-state index contributed by atoms with van der Waals surface area (Å²) in [5.74, 6) is 0.421. The van der Waals surface area contributed by atoms with Gasteiger partial charge in [-0.25, -0.2) is 4.98 Å². The van der Waals surface area contributed by atoms with Gasteiger partial charge in [0.15, 0.2) is 0 Å². The molecule has 0 N–H and O–H groups in total. The summed E-state index contributed by atoms with van der Waals surface area (Å²) in [5, 5.41) is 9.71. The number of para-hydroxylation sites is 1. The average Bonchev–Trinajstić information content (AvgIpc) is 3.15. The molecule has 1 aliphatic rings. The van der Waals surface area contributed by atoms with E-state index in [-0.39, 0.29) is 5.91 Å². The molecule has 0 unspecified atom stereocenters. The molecule has 136 valence electrons. The number of rotatable bonds is 4. The zero-order valence-corrected chi connectivity index (χ0v) is 15.6. The van der Waals surface area contributed by atoms with Crippen molar-refractivity contribution in [2.45, 2.75) is 12.8 Å². The number of amides is 1. The van der Waals surface area contributed by atoms with Crippen LogP contribution in [-0.2, 0) is 0 Å². The van der Waals surface area contributed by atoms with Crippen molar-refractivity contribution in [1.82, 2.24) is 9.88 Å². The van der Waals surface area contributed by atoms with Gasteiger partial charge in [0, 0.05) is 18.7 Å². The fraction of sp³-hybridized carbons (Fsp3) is 0.286. The van der Waals surface area contributed by atoms with E-state index in [2.05, 4.69) is 11.1 Å². The molecule has 0 spiro atoms. The van der Waals surface area contributed by atoms with Crippen LogP contribution < -0.4 is 4.74 Å². The summed E-state index contributed by atoms with van der Waals surface area (Å²) in [6, 6.07) is 17.0. The van der Waals surface area contributed by atoms with E-state index in [4.69, 9.17) is 10.00 Å². The van der Waals surface area contributed by atoms with Crippen LogP contribution in [0, 0.1) is 17.2 Å². The van der Waals surface area contributed by atoms with E-state index in [0.29, 0.717) is 41.9 Å². The summed E-state index contributed by atoms with van der Waals surface area (Å²) >= 11 is 1.57. The normalized spacial score (nSPS) is 14.9. The molecule has 6 heteroatoms. The molecule has 1 aliphatic heterocycles. The maximum absolute atomic E-state index is 12.6. The molecule has 1 saturated heterocycles. The fourth-order valence-electron chi connectivity index (χ4n) is 3.31. The van der Waals surface area contributed by atoms with Gasteiger partial charge in [-0.3, -0.25) is 4.79 Å². The first kappa shape index (κ1) is 17.5. The molecule has 1 fully saturated rings. The number of likely N-dealkylation sites (tertiary alicyclic amines) is 1. The number of benzene rings is 2. The number of aromatic nitrogens is 1. The van der Waals surface area contributed by atoms with Crippen LogP contribution in [0.15, 0.2) is 48.5 Å². The van der Waals surface area contributed by atoms with Gasteiger partial charge in [-0.15, -0.1) is 0 Å². The molecule has 0 saturated carbocycles. The van der Waals surface area contributed by atoms with Gasteiger partial charge in [-0.1, -0.05) is 29.5 Å². The third-order valence-corrected chi connectivity index (χ3v) is 5.81. The minimum atomic E-state index is -0.00218. The number of thiazole rings is 1. The molecule has 2 heterocycles. The number of ether oxygens (including phenoxy) is 1. The molecule has 0 radical (unpaired) electrons. The standard InChI is InChI=1S/C21H19N3O2S/c22-13-16-4-3-5-17(12-16)20(25)24-10-8-15(9-11-24)14-26-21-23-18-6-1-2-7-19(18)27-21/h1-7,12,15H,8-11,14H2. The van der Waals surface area contributed by atoms with Gasteiger partial charge in [-0.05, 0) is 49.1 Å². The molecule has 27 heavy (non-hydrogen) atoms. The number of carbonyl (C=O) groups excluding carboxylic acids is 1. The molecule has 5 nitrogen and oxygen atoms in total. The Morgan fingerprint density at radius 3 is 2.81 bits per heavy atom. The zero-order valence-electron chi connectivity index (χ0n) is 14.8. The lowest BCUT2D eigenvalue weighted by molar-refractivity contribution is 0.0661. The molecule has 1 aromatic heterocycles. The second kappa shape index (κ2) is 7.77. The Bertz CT molecular complexity index is 967. The van der Waals surface area contributed by atoms with Gasteiger partial charge in [0.2, 0.25) is 0 Å². The number of fused-ring (bicyclic) bond motifs is 1. The first-order valence-electron chi connectivity index (χ1n) is 9.01. The summed E-state index contributed by atoms with van der Waals surface area (Å²) < 4.78 is 7.04. The summed E-state index contributed by atoms with van der Waals surface area (Å²) in [7, 11) is 0. The second-order valence-corrected chi connectivity index (χ2v) is 7.68. The van der Waals surface area contributed by atoms with Gasteiger partial charge in [0.1, 0.15) is 0 Å². The zero-order chi connectivity index (χ0) is 18.6. The summed E-state index contributed by atoms with van der Waals surface area (Å²) in [4.78, 5) is 19.0. The Morgan fingerprint density at radius 2 is 2.04 bits per heavy atom. The average molecular weight is 377 g/mol. The van der Waals surface area contributed by atoms with Crippen LogP contribution in [0.2, 0.25) is 0 Å². The summed E-state index contributed by atoms with van der Waals surface area (Å²) in [6.07, 6.45) is 1.82. The van der Waals surface area contributed by atoms with Gasteiger partial charge in [0.05, 0.1) is 28.5 Å². The lowest BCUT2D eigenvalue weighted by Gasteiger charge is -2.31. The quantitative estimate of drug-likeness (QED) is 0.687. The number of nitrogens with zero attached hydrogens (tertiary/aromatic N) is 3. The third kappa shape index (κ3) is 3.93. The van der Waals surface area contributed by atoms with Crippen molar-refractivity contribution in [2.24, 2.45) is 5.92 Å². The molecular weight excluding hydrogens is 358 g/mol. The van der Waals surface area contributed by atoms with Crippen molar-refractivity contribution < 1.29 is 9.53 Å². The number of piperidine rings is 1. The second-order valence-electron chi connectivity index (χ2n) is 6.69. The van der Waals surface area contributed by atoms with Crippen molar-refractivity contribution in [3.05, 3.63) is 59.7 Å². The number of nitriles is 1. The van der Waals surface area contributed by atoms with Crippen molar-refractivity contribution in [2.75, 3.05) is 19.7 Å². The first-order valence-corrected chi connectivity index (χ1v) is 9.82. The van der Waals surface area contributed by atoms with E-state index in [1.54, 1.807) is 35.6 Å². The SMILES string of the molecule is N#Cc1cccc(C(=O)N2CCC(COc3nc4ccccc4s3)CC2)c1. The maximum atomic E-state index is 12.6. The van der Waals surface area contributed by atoms with Gasteiger partial charge in [0.25, 0.3) is 11.1 Å². The first-order chi connectivity index (χ1) is 13.2. The molecule has 0 atom stereocenters. The van der Waals surface area contributed by atoms with Gasteiger partial charge < -0.3 is 9.64 Å². The number of carbonyl (C=O) groups is 1. The van der Waals surface area contributed by atoms with Crippen LogP contribution >= 0.6 is 11.3 Å². The Balaban J connectivity index is 1.30. The van der Waals surface area contributed by atoms with E-state index >= 15 is 0 Å². The van der Waals surface area contributed by atoms with Crippen LogP contribution in [-0.4, -0.2) is 35.5 Å². The molecule has 2 aromatic carbocycles. The van der Waals surface area contributed by atoms with E-state index < -0.39 is 0 Å². The van der Waals surface area contributed by atoms with Crippen molar-refractivity contribution in [3.8, 4) is 11.3 Å². The molecule has 4 rings (SSSR count). The van der Waals surface area contributed by atoms with E-state index in [0.717, 1.165) is 23.1 Å². The molecular formula is C21H19N3O2S. The highest BCUT2D eigenvalue weighted by Gasteiger charge is 2.24. The van der Waals surface area contributed by atoms with Crippen LogP contribution in [0.5, 0.6) is 5.19 Å². The third-order valence-electron chi connectivity index (χ3n) is 4.86. The lowest BCUT2D eigenvalue weighted by atomic mass is 9.97. The smallest absolute Gasteiger partial charge is 0.274 e. The highest BCUT2D eigenvalue weighted by molar-refractivity contribution is 7.20. The maximum Gasteiger partial charge on any atom is 0.274 e. The van der Waals surface area contributed by atoms with Gasteiger partial charge in [-0.2, -0.15) is 5.26 Å². The highest BCUT2D eigenvalue weighted by Crippen LogP contribution is 2.28. The van der Waals surface area contributed by atoms with Crippen LogP contribution in [0.25, 0.3) is 10.2 Å². The van der Waals surface area contributed by atoms with Gasteiger partial charge >= 0.3 is 0 Å². The molecule has 1 amide bonds. The van der Waals surface area contributed by atoms with Crippen molar-refractivity contribution in [1.29, 1.82) is 5.26 Å². The van der Waals surface area contributed by atoms with Crippen LogP contribution in [0.1, 0.15) is 28.8 Å². The highest BCUT2D eigenvalue weighted by atomic mass is 32.1. The minimum Gasteiger partial charge on any atom is -0.470 e. The Morgan fingerprint density at radius 1 is 1.22 bits per heavy atom. The Hall–Kier alpha value is -2.91. The summed E-state index contributed by atoms with van der Waals surface area (Å²) in [5.41, 5.74) is 2.07. The molecule has 3 aromatic rings. The lowest BCUT2D eigenvalue weighted by Crippen LogP contribution is -2.39. The monoisotopic (exact) mass is 377 g/mol.